The maximum atomic E-state index is 12.7. The van der Waals surface area contributed by atoms with Gasteiger partial charge >= 0.3 is 5.97 Å². The molecule has 3 nitrogen and oxygen atoms in total. The van der Waals surface area contributed by atoms with Crippen LogP contribution in [0.1, 0.15) is 16.7 Å². The minimum Gasteiger partial charge on any atom is -0.468 e. The van der Waals surface area contributed by atoms with Gasteiger partial charge in [-0.05, 0) is 53.1 Å². The Hall–Kier alpha value is -2.72. The maximum absolute atomic E-state index is 12.7. The summed E-state index contributed by atoms with van der Waals surface area (Å²) in [6.07, 6.45) is 1.31. The largest absolute Gasteiger partial charge is 0.468 e. The van der Waals surface area contributed by atoms with Gasteiger partial charge in [0.05, 0.1) is 12.8 Å². The molecule has 2 aromatic carbocycles. The number of carbonyl (C=O) groups excluding carboxylic acids is 1. The van der Waals surface area contributed by atoms with E-state index in [0.29, 0.717) is 12.8 Å². The summed E-state index contributed by atoms with van der Waals surface area (Å²) in [5.74, 6) is -0.175. The van der Waals surface area contributed by atoms with Gasteiger partial charge in [0.15, 0.2) is 0 Å². The summed E-state index contributed by atoms with van der Waals surface area (Å²) in [5.41, 5.74) is 3.68. The Morgan fingerprint density at radius 2 is 1.65 bits per heavy atom. The lowest BCUT2D eigenvalue weighted by Crippen LogP contribution is -2.37. The number of benzene rings is 2. The number of rotatable bonds is 3. The zero-order valence-corrected chi connectivity index (χ0v) is 15.3. The standard InChI is InChI=1S/C22H19NO2S/c1-25-21(24)22(18-8-4-2-5-9-18)13-16-12-20(26-15-17(16)14-22)23-19-10-6-3-7-11-19/h2-12,15H,13-14H2,1H3/t22-/m1/s1. The minimum atomic E-state index is -0.642. The van der Waals surface area contributed by atoms with Crippen molar-refractivity contribution < 1.29 is 9.53 Å². The predicted molar refractivity (Wildman–Crippen MR) is 104 cm³/mol. The molecule has 1 aliphatic carbocycles. The maximum Gasteiger partial charge on any atom is 0.316 e. The van der Waals surface area contributed by atoms with Crippen LogP contribution in [0, 0.1) is 0 Å². The van der Waals surface area contributed by atoms with Gasteiger partial charge in [-0.2, -0.15) is 0 Å². The third-order valence-electron chi connectivity index (χ3n) is 4.91. The van der Waals surface area contributed by atoms with Crippen LogP contribution >= 0.6 is 11.3 Å². The lowest BCUT2D eigenvalue weighted by Gasteiger charge is -2.26. The van der Waals surface area contributed by atoms with Gasteiger partial charge in [-0.15, -0.1) is 11.3 Å². The van der Waals surface area contributed by atoms with E-state index in [0.717, 1.165) is 15.9 Å². The number of fused-ring (bicyclic) bond motifs is 1. The fourth-order valence-corrected chi connectivity index (χ4v) is 4.49. The van der Waals surface area contributed by atoms with Crippen molar-refractivity contribution in [3.8, 4) is 0 Å². The zero-order valence-electron chi connectivity index (χ0n) is 14.5. The quantitative estimate of drug-likeness (QED) is 0.656. The summed E-state index contributed by atoms with van der Waals surface area (Å²) in [4.78, 5) is 17.4. The molecule has 1 aromatic heterocycles. The van der Waals surface area contributed by atoms with Gasteiger partial charge in [-0.25, -0.2) is 4.99 Å². The third kappa shape index (κ3) is 2.97. The molecule has 4 rings (SSSR count). The predicted octanol–water partition coefficient (Wildman–Crippen LogP) is 4.19. The minimum absolute atomic E-state index is 0.175. The number of ether oxygens (including phenoxy) is 1. The van der Waals surface area contributed by atoms with E-state index in [1.807, 2.05) is 60.7 Å². The fourth-order valence-electron chi connectivity index (χ4n) is 3.62. The van der Waals surface area contributed by atoms with Gasteiger partial charge in [0, 0.05) is 0 Å². The van der Waals surface area contributed by atoms with Gasteiger partial charge in [0.1, 0.15) is 10.1 Å². The second-order valence-corrected chi connectivity index (χ2v) is 7.40. The first-order chi connectivity index (χ1) is 12.7. The highest BCUT2D eigenvalue weighted by atomic mass is 32.1. The van der Waals surface area contributed by atoms with E-state index >= 15 is 0 Å². The molecule has 1 heterocycles. The molecule has 0 N–H and O–H groups in total. The van der Waals surface area contributed by atoms with Crippen molar-refractivity contribution in [2.75, 3.05) is 7.11 Å². The molecule has 1 atom stereocenters. The Balaban J connectivity index is 1.76. The van der Waals surface area contributed by atoms with Gasteiger partial charge in [0.25, 0.3) is 0 Å². The molecular weight excluding hydrogens is 342 g/mol. The zero-order chi connectivity index (χ0) is 18.0. The van der Waals surface area contributed by atoms with Crippen LogP contribution in [0.5, 0.6) is 0 Å². The molecule has 0 bridgehead atoms. The Morgan fingerprint density at radius 3 is 2.35 bits per heavy atom. The molecule has 0 saturated heterocycles. The summed E-state index contributed by atoms with van der Waals surface area (Å²) in [6, 6.07) is 22.0. The van der Waals surface area contributed by atoms with Crippen molar-refractivity contribution in [2.24, 2.45) is 4.99 Å². The average molecular weight is 361 g/mol. The summed E-state index contributed by atoms with van der Waals surface area (Å²) in [6.45, 7) is 0. The smallest absolute Gasteiger partial charge is 0.316 e. The Kier molecular flexibility index (Phi) is 4.43. The normalized spacial score (nSPS) is 19.2. The van der Waals surface area contributed by atoms with Crippen LogP contribution < -0.4 is 4.67 Å². The topological polar surface area (TPSA) is 38.7 Å². The van der Waals surface area contributed by atoms with Gasteiger partial charge in [-0.1, -0.05) is 48.5 Å². The number of methoxy groups -OCH3 is 1. The molecule has 0 aliphatic heterocycles. The van der Waals surface area contributed by atoms with Crippen LogP contribution in [-0.2, 0) is 27.8 Å². The number of carbonyl (C=O) groups is 1. The molecule has 0 unspecified atom stereocenters. The number of nitrogens with zero attached hydrogens (tertiary/aromatic N) is 1. The van der Waals surface area contributed by atoms with E-state index in [-0.39, 0.29) is 5.97 Å². The van der Waals surface area contributed by atoms with Crippen molar-refractivity contribution in [3.05, 3.63) is 93.5 Å². The molecule has 3 aromatic rings. The molecule has 4 heteroatoms. The van der Waals surface area contributed by atoms with Crippen LogP contribution in [0.3, 0.4) is 0 Å². The third-order valence-corrected chi connectivity index (χ3v) is 5.77. The van der Waals surface area contributed by atoms with Gasteiger partial charge in [0.2, 0.25) is 0 Å². The lowest BCUT2D eigenvalue weighted by molar-refractivity contribution is -0.147. The molecule has 1 aliphatic rings. The second kappa shape index (κ2) is 6.89. The molecule has 26 heavy (non-hydrogen) atoms. The van der Waals surface area contributed by atoms with Crippen LogP contribution in [0.25, 0.3) is 0 Å². The van der Waals surface area contributed by atoms with E-state index in [4.69, 9.17) is 9.73 Å². The van der Waals surface area contributed by atoms with Crippen LogP contribution in [0.2, 0.25) is 0 Å². The Bertz CT molecular complexity index is 995. The van der Waals surface area contributed by atoms with Crippen molar-refractivity contribution in [3.63, 3.8) is 0 Å². The van der Waals surface area contributed by atoms with Crippen LogP contribution in [-0.4, -0.2) is 13.1 Å². The SMILES string of the molecule is COC(=O)[C@@]1(c2ccccc2)Cc2csc(=Nc3ccccc3)cc2C1. The molecule has 0 fully saturated rings. The van der Waals surface area contributed by atoms with E-state index < -0.39 is 5.41 Å². The summed E-state index contributed by atoms with van der Waals surface area (Å²) >= 11 is 1.61. The number of hydrogen-bond acceptors (Lipinski definition) is 4. The van der Waals surface area contributed by atoms with Crippen molar-refractivity contribution in [2.45, 2.75) is 18.3 Å². The fraction of sp³-hybridized carbons (Fsp3) is 0.182. The van der Waals surface area contributed by atoms with E-state index in [2.05, 4.69) is 11.4 Å². The van der Waals surface area contributed by atoms with Crippen molar-refractivity contribution in [1.82, 2.24) is 0 Å². The first kappa shape index (κ1) is 16.7. The first-order valence-corrected chi connectivity index (χ1v) is 9.43. The highest BCUT2D eigenvalue weighted by Crippen LogP contribution is 2.40. The highest BCUT2D eigenvalue weighted by molar-refractivity contribution is 7.07. The molecule has 0 radical (unpaired) electrons. The van der Waals surface area contributed by atoms with E-state index in [9.17, 15) is 4.79 Å². The monoisotopic (exact) mass is 361 g/mol. The lowest BCUT2D eigenvalue weighted by atomic mass is 9.78. The summed E-state index contributed by atoms with van der Waals surface area (Å²) in [5, 5.41) is 2.13. The molecular formula is C22H19NO2S. The van der Waals surface area contributed by atoms with Gasteiger partial charge in [-0.3, -0.25) is 4.79 Å². The molecule has 130 valence electrons. The average Bonchev–Trinajstić information content (AvgIpc) is 3.09. The van der Waals surface area contributed by atoms with Crippen LogP contribution in [0.15, 0.2) is 77.1 Å². The van der Waals surface area contributed by atoms with Crippen molar-refractivity contribution >= 4 is 23.0 Å². The van der Waals surface area contributed by atoms with Gasteiger partial charge < -0.3 is 4.74 Å². The second-order valence-electron chi connectivity index (χ2n) is 6.51. The molecule has 0 spiro atoms. The summed E-state index contributed by atoms with van der Waals surface area (Å²) in [7, 11) is 1.47. The first-order valence-electron chi connectivity index (χ1n) is 8.56. The number of hydrogen-bond donors (Lipinski definition) is 0. The number of esters is 1. The van der Waals surface area contributed by atoms with Crippen molar-refractivity contribution in [1.29, 1.82) is 0 Å². The van der Waals surface area contributed by atoms with E-state index in [1.165, 1.54) is 18.2 Å². The number of para-hydroxylation sites is 1. The summed E-state index contributed by atoms with van der Waals surface area (Å²) < 4.78 is 6.14. The highest BCUT2D eigenvalue weighted by Gasteiger charge is 2.46. The molecule has 0 saturated carbocycles. The Labute approximate surface area is 156 Å². The van der Waals surface area contributed by atoms with E-state index in [1.54, 1.807) is 11.3 Å². The Morgan fingerprint density at radius 1 is 1.00 bits per heavy atom. The molecule has 0 amide bonds. The van der Waals surface area contributed by atoms with Crippen LogP contribution in [0.4, 0.5) is 5.69 Å².